The summed E-state index contributed by atoms with van der Waals surface area (Å²) in [6.45, 7) is 0. The highest BCUT2D eigenvalue weighted by Gasteiger charge is 2.21. The predicted octanol–water partition coefficient (Wildman–Crippen LogP) is 11.5. The highest BCUT2D eigenvalue weighted by molar-refractivity contribution is 6.11. The van der Waals surface area contributed by atoms with Crippen LogP contribution in [0, 0.1) is 0 Å². The summed E-state index contributed by atoms with van der Waals surface area (Å²) in [6.07, 6.45) is 0. The summed E-state index contributed by atoms with van der Waals surface area (Å²) < 4.78 is 8.80. The molecule has 0 saturated carbocycles. The lowest BCUT2D eigenvalue weighted by molar-refractivity contribution is 0.669. The summed E-state index contributed by atoms with van der Waals surface area (Å²) in [4.78, 5) is 15.4. The minimum atomic E-state index is 0.557. The molecule has 0 saturated heterocycles. The molecule has 0 radical (unpaired) electrons. The molecule has 0 unspecified atom stereocenters. The Balaban J connectivity index is 1.24. The number of nitrogens with zero attached hydrogens (tertiary/aromatic N) is 4. The van der Waals surface area contributed by atoms with Crippen molar-refractivity contribution >= 4 is 43.7 Å². The molecule has 0 bridgehead atoms. The maximum absolute atomic E-state index is 6.45. The lowest BCUT2D eigenvalue weighted by Crippen LogP contribution is -2.03. The lowest BCUT2D eigenvalue weighted by atomic mass is 10.0. The molecule has 234 valence electrons. The van der Waals surface area contributed by atoms with E-state index in [4.69, 9.17) is 19.4 Å². The van der Waals surface area contributed by atoms with Gasteiger partial charge in [0, 0.05) is 32.7 Å². The van der Waals surface area contributed by atoms with Gasteiger partial charge in [0.1, 0.15) is 11.2 Å². The molecule has 0 aliphatic rings. The Kier molecular flexibility index (Phi) is 6.42. The standard InChI is InChI=1S/C45H28N4O/c1-3-14-29(15-4-1)31-26-27-33-32-18-7-10-23-38(32)49(40(33)28-31)39-24-11-8-20-36(39)44-46-43(30-16-5-2-6-17-30)47-45(48-44)37-22-13-21-35-34-19-9-12-25-41(34)50-42(35)37/h1-28H. The van der Waals surface area contributed by atoms with Gasteiger partial charge in [-0.1, -0.05) is 133 Å². The fraction of sp³-hybridized carbons (Fsp3) is 0. The van der Waals surface area contributed by atoms with E-state index in [-0.39, 0.29) is 0 Å². The van der Waals surface area contributed by atoms with E-state index in [1.807, 2.05) is 66.7 Å². The van der Waals surface area contributed by atoms with Crippen molar-refractivity contribution in [2.24, 2.45) is 0 Å². The minimum Gasteiger partial charge on any atom is -0.455 e. The van der Waals surface area contributed by atoms with Gasteiger partial charge in [-0.25, -0.2) is 15.0 Å². The summed E-state index contributed by atoms with van der Waals surface area (Å²) in [6, 6.07) is 58.6. The van der Waals surface area contributed by atoms with Crippen LogP contribution in [0.15, 0.2) is 174 Å². The van der Waals surface area contributed by atoms with Crippen LogP contribution in [0.1, 0.15) is 0 Å². The van der Waals surface area contributed by atoms with Gasteiger partial charge >= 0.3 is 0 Å². The second-order valence-corrected chi connectivity index (χ2v) is 12.4. The van der Waals surface area contributed by atoms with E-state index < -0.39 is 0 Å². The topological polar surface area (TPSA) is 56.7 Å². The van der Waals surface area contributed by atoms with Crippen LogP contribution < -0.4 is 0 Å². The van der Waals surface area contributed by atoms with E-state index in [1.54, 1.807) is 0 Å². The molecule has 3 aromatic heterocycles. The summed E-state index contributed by atoms with van der Waals surface area (Å²) in [5, 5.41) is 4.47. The van der Waals surface area contributed by atoms with Crippen molar-refractivity contribution in [1.82, 2.24) is 19.5 Å². The molecular formula is C45H28N4O. The van der Waals surface area contributed by atoms with Crippen molar-refractivity contribution in [3.05, 3.63) is 170 Å². The average molecular weight is 641 g/mol. The van der Waals surface area contributed by atoms with Gasteiger partial charge in [-0.3, -0.25) is 0 Å². The van der Waals surface area contributed by atoms with Gasteiger partial charge in [0.15, 0.2) is 17.5 Å². The van der Waals surface area contributed by atoms with Crippen LogP contribution in [-0.4, -0.2) is 19.5 Å². The van der Waals surface area contributed by atoms with E-state index in [0.29, 0.717) is 17.5 Å². The molecule has 10 rings (SSSR count). The van der Waals surface area contributed by atoms with Gasteiger partial charge in [-0.05, 0) is 47.5 Å². The molecule has 0 fully saturated rings. The van der Waals surface area contributed by atoms with E-state index in [0.717, 1.165) is 60.9 Å². The number of furan rings is 1. The van der Waals surface area contributed by atoms with Crippen LogP contribution in [0.4, 0.5) is 0 Å². The van der Waals surface area contributed by atoms with Crippen LogP contribution >= 0.6 is 0 Å². The summed E-state index contributed by atoms with van der Waals surface area (Å²) >= 11 is 0. The zero-order chi connectivity index (χ0) is 33.0. The number of hydrogen-bond donors (Lipinski definition) is 0. The molecule has 0 amide bonds. The quantitative estimate of drug-likeness (QED) is 0.188. The molecule has 5 heteroatoms. The summed E-state index contributed by atoms with van der Waals surface area (Å²) in [5.41, 5.74) is 9.78. The highest BCUT2D eigenvalue weighted by atomic mass is 16.3. The van der Waals surface area contributed by atoms with Gasteiger partial charge in [0.05, 0.1) is 22.3 Å². The van der Waals surface area contributed by atoms with Gasteiger partial charge in [0.25, 0.3) is 0 Å². The molecule has 0 N–H and O–H groups in total. The maximum atomic E-state index is 6.45. The average Bonchev–Trinajstić information content (AvgIpc) is 3.74. The Morgan fingerprint density at radius 1 is 0.380 bits per heavy atom. The third kappa shape index (κ3) is 4.52. The first kappa shape index (κ1) is 28.2. The van der Waals surface area contributed by atoms with Crippen LogP contribution in [-0.2, 0) is 0 Å². The second-order valence-electron chi connectivity index (χ2n) is 12.4. The number of rotatable bonds is 5. The van der Waals surface area contributed by atoms with E-state index >= 15 is 0 Å². The first-order valence-electron chi connectivity index (χ1n) is 16.7. The van der Waals surface area contributed by atoms with Crippen molar-refractivity contribution in [2.45, 2.75) is 0 Å². The molecule has 7 aromatic carbocycles. The SMILES string of the molecule is c1ccc(-c2ccc3c4ccccc4n(-c4ccccc4-c4nc(-c5ccccc5)nc(-c5cccc6c5oc5ccccc56)n4)c3c2)cc1. The summed E-state index contributed by atoms with van der Waals surface area (Å²) in [5.74, 6) is 1.74. The minimum absolute atomic E-state index is 0.557. The molecule has 3 heterocycles. The zero-order valence-electron chi connectivity index (χ0n) is 26.9. The number of fused-ring (bicyclic) bond motifs is 6. The van der Waals surface area contributed by atoms with Crippen molar-refractivity contribution in [1.29, 1.82) is 0 Å². The molecule has 5 nitrogen and oxygen atoms in total. The molecular weight excluding hydrogens is 613 g/mol. The smallest absolute Gasteiger partial charge is 0.167 e. The Bertz CT molecular complexity index is 2870. The fourth-order valence-electron chi connectivity index (χ4n) is 7.15. The third-order valence-corrected chi connectivity index (χ3v) is 9.48. The van der Waals surface area contributed by atoms with Gasteiger partial charge in [-0.15, -0.1) is 0 Å². The van der Waals surface area contributed by atoms with E-state index in [2.05, 4.69) is 108 Å². The van der Waals surface area contributed by atoms with E-state index in [9.17, 15) is 0 Å². The van der Waals surface area contributed by atoms with Gasteiger partial charge in [0.2, 0.25) is 0 Å². The largest absolute Gasteiger partial charge is 0.455 e. The van der Waals surface area contributed by atoms with Gasteiger partial charge < -0.3 is 8.98 Å². The second kappa shape index (κ2) is 11.4. The molecule has 50 heavy (non-hydrogen) atoms. The first-order chi connectivity index (χ1) is 24.8. The molecule has 0 aliphatic carbocycles. The number of benzene rings is 7. The Hall–Kier alpha value is -6.85. The number of aromatic nitrogens is 4. The van der Waals surface area contributed by atoms with Crippen LogP contribution in [0.5, 0.6) is 0 Å². The maximum Gasteiger partial charge on any atom is 0.167 e. The third-order valence-electron chi connectivity index (χ3n) is 9.48. The zero-order valence-corrected chi connectivity index (χ0v) is 26.9. The lowest BCUT2D eigenvalue weighted by Gasteiger charge is -2.15. The number of hydrogen-bond acceptors (Lipinski definition) is 4. The van der Waals surface area contributed by atoms with Crippen LogP contribution in [0.25, 0.3) is 94.7 Å². The van der Waals surface area contributed by atoms with Crippen LogP contribution in [0.2, 0.25) is 0 Å². The monoisotopic (exact) mass is 640 g/mol. The van der Waals surface area contributed by atoms with Crippen molar-refractivity contribution in [3.8, 4) is 51.0 Å². The van der Waals surface area contributed by atoms with Crippen LogP contribution in [0.3, 0.4) is 0 Å². The van der Waals surface area contributed by atoms with Crippen molar-refractivity contribution < 1.29 is 4.42 Å². The van der Waals surface area contributed by atoms with Crippen molar-refractivity contribution in [2.75, 3.05) is 0 Å². The molecule has 0 spiro atoms. The van der Waals surface area contributed by atoms with E-state index in [1.165, 1.54) is 16.3 Å². The highest BCUT2D eigenvalue weighted by Crippen LogP contribution is 2.39. The molecule has 0 aliphatic heterocycles. The fourth-order valence-corrected chi connectivity index (χ4v) is 7.15. The van der Waals surface area contributed by atoms with Crippen molar-refractivity contribution in [3.63, 3.8) is 0 Å². The summed E-state index contributed by atoms with van der Waals surface area (Å²) in [7, 11) is 0. The Morgan fingerprint density at radius 3 is 1.82 bits per heavy atom. The molecule has 0 atom stereocenters. The normalized spacial score (nSPS) is 11.6. The number of para-hydroxylation sites is 4. The molecule has 10 aromatic rings. The Morgan fingerprint density at radius 2 is 0.980 bits per heavy atom. The Labute approximate surface area is 287 Å². The van der Waals surface area contributed by atoms with Gasteiger partial charge in [-0.2, -0.15) is 0 Å². The predicted molar refractivity (Wildman–Crippen MR) is 203 cm³/mol. The first-order valence-corrected chi connectivity index (χ1v) is 16.7.